The molecule has 1 fully saturated rings. The number of hydrogen-bond donors (Lipinski definition) is 1. The number of hydrogen-bond acceptors (Lipinski definition) is 3. The number of aromatic nitrogens is 1. The monoisotopic (exact) mass is 218 g/mol. The smallest absolute Gasteiger partial charge is 0.0593 e. The van der Waals surface area contributed by atoms with E-state index in [9.17, 15) is 0 Å². The second kappa shape index (κ2) is 2.03. The van der Waals surface area contributed by atoms with E-state index >= 15 is 0 Å². The molecule has 1 aromatic rings. The van der Waals surface area contributed by atoms with Gasteiger partial charge in [0.15, 0.2) is 0 Å². The van der Waals surface area contributed by atoms with Gasteiger partial charge in [0.25, 0.3) is 0 Å². The molecule has 1 aliphatic carbocycles. The largest absolute Gasteiger partial charge is 0.321 e. The molecule has 0 radical (unpaired) electrons. The molecule has 0 aromatic carbocycles. The summed E-state index contributed by atoms with van der Waals surface area (Å²) in [6.07, 6.45) is 4.02. The van der Waals surface area contributed by atoms with Crippen LogP contribution in [0.5, 0.6) is 0 Å². The average molecular weight is 219 g/mol. The lowest BCUT2D eigenvalue weighted by Crippen LogP contribution is -2.17. The van der Waals surface area contributed by atoms with Crippen molar-refractivity contribution in [3.63, 3.8) is 0 Å². The quantitative estimate of drug-likeness (QED) is 0.782. The topological polar surface area (TPSA) is 38.9 Å². The van der Waals surface area contributed by atoms with E-state index < -0.39 is 0 Å². The Hall–Kier alpha value is 0.0700. The minimum Gasteiger partial charge on any atom is -0.321 e. The van der Waals surface area contributed by atoms with Crippen LogP contribution < -0.4 is 5.73 Å². The predicted molar refractivity (Wildman–Crippen MR) is 44.9 cm³/mol. The van der Waals surface area contributed by atoms with E-state index in [0.29, 0.717) is 0 Å². The molecule has 0 unspecified atom stereocenters. The molecular formula is C6H7BrN2S. The van der Waals surface area contributed by atoms with Crippen molar-refractivity contribution in [1.29, 1.82) is 0 Å². The average Bonchev–Trinajstić information content (AvgIpc) is 2.44. The Labute approximate surface area is 71.7 Å². The third-order valence-electron chi connectivity index (χ3n) is 1.77. The van der Waals surface area contributed by atoms with E-state index in [0.717, 1.165) is 17.3 Å². The first-order valence-electron chi connectivity index (χ1n) is 3.12. The molecule has 54 valence electrons. The minimum absolute atomic E-state index is 0.0278. The first-order chi connectivity index (χ1) is 4.72. The van der Waals surface area contributed by atoms with Crippen molar-refractivity contribution in [2.75, 3.05) is 0 Å². The highest BCUT2D eigenvalue weighted by Gasteiger charge is 2.42. The Morgan fingerprint density at radius 1 is 1.70 bits per heavy atom. The number of nitrogens with two attached hydrogens (primary N) is 1. The summed E-state index contributed by atoms with van der Waals surface area (Å²) in [5.74, 6) is 0. The van der Waals surface area contributed by atoms with E-state index in [1.54, 1.807) is 0 Å². The van der Waals surface area contributed by atoms with E-state index in [4.69, 9.17) is 5.73 Å². The van der Waals surface area contributed by atoms with Crippen LogP contribution in [0.2, 0.25) is 0 Å². The van der Waals surface area contributed by atoms with E-state index in [1.807, 2.05) is 6.20 Å². The molecule has 0 aliphatic heterocycles. The lowest BCUT2D eigenvalue weighted by molar-refractivity contribution is 0.755. The molecule has 2 rings (SSSR count). The van der Waals surface area contributed by atoms with Crippen LogP contribution >= 0.6 is 27.5 Å². The molecule has 10 heavy (non-hydrogen) atoms. The van der Waals surface area contributed by atoms with E-state index in [1.165, 1.54) is 16.4 Å². The van der Waals surface area contributed by atoms with Crippen molar-refractivity contribution in [3.05, 3.63) is 15.5 Å². The van der Waals surface area contributed by atoms with Crippen LogP contribution in [0.4, 0.5) is 0 Å². The number of rotatable bonds is 1. The molecule has 1 aromatic heterocycles. The van der Waals surface area contributed by atoms with Crippen molar-refractivity contribution < 1.29 is 0 Å². The summed E-state index contributed by atoms with van der Waals surface area (Å²) in [6, 6.07) is 0. The SMILES string of the molecule is NC1(c2sncc2Br)CC1. The molecule has 0 saturated heterocycles. The Kier molecular flexibility index (Phi) is 1.37. The molecular weight excluding hydrogens is 212 g/mol. The van der Waals surface area contributed by atoms with Crippen LogP contribution in [0.15, 0.2) is 10.7 Å². The zero-order valence-electron chi connectivity index (χ0n) is 5.30. The van der Waals surface area contributed by atoms with Crippen LogP contribution in [-0.4, -0.2) is 4.37 Å². The molecule has 1 aliphatic rings. The maximum Gasteiger partial charge on any atom is 0.0593 e. The maximum atomic E-state index is 5.95. The summed E-state index contributed by atoms with van der Waals surface area (Å²) in [4.78, 5) is 1.20. The predicted octanol–water partition coefficient (Wildman–Crippen LogP) is 1.85. The molecule has 2 N–H and O–H groups in total. The van der Waals surface area contributed by atoms with Gasteiger partial charge in [-0.2, -0.15) is 4.37 Å². The molecule has 0 amide bonds. The highest BCUT2D eigenvalue weighted by atomic mass is 79.9. The first kappa shape index (κ1) is 6.76. The Bertz CT molecular complexity index is 254. The molecule has 0 bridgehead atoms. The summed E-state index contributed by atoms with van der Waals surface area (Å²) in [5, 5.41) is 0. The van der Waals surface area contributed by atoms with Gasteiger partial charge in [0.2, 0.25) is 0 Å². The molecule has 1 heterocycles. The first-order valence-corrected chi connectivity index (χ1v) is 4.68. The van der Waals surface area contributed by atoms with E-state index in [-0.39, 0.29) is 5.54 Å². The van der Waals surface area contributed by atoms with Gasteiger partial charge in [-0.25, -0.2) is 0 Å². The van der Waals surface area contributed by atoms with Crippen molar-refractivity contribution in [2.45, 2.75) is 18.4 Å². The zero-order chi connectivity index (χ0) is 7.19. The summed E-state index contributed by atoms with van der Waals surface area (Å²) < 4.78 is 5.11. The fourth-order valence-electron chi connectivity index (χ4n) is 0.918. The van der Waals surface area contributed by atoms with Gasteiger partial charge in [-0.05, 0) is 40.3 Å². The third kappa shape index (κ3) is 0.909. The van der Waals surface area contributed by atoms with Gasteiger partial charge in [-0.1, -0.05) is 0 Å². The lowest BCUT2D eigenvalue weighted by Gasteiger charge is -2.03. The van der Waals surface area contributed by atoms with Gasteiger partial charge in [0.1, 0.15) is 0 Å². The van der Waals surface area contributed by atoms with Gasteiger partial charge in [-0.15, -0.1) is 0 Å². The van der Waals surface area contributed by atoms with Crippen LogP contribution in [0.1, 0.15) is 17.7 Å². The standard InChI is InChI=1S/C6H7BrN2S/c7-4-3-9-10-5(4)6(8)1-2-6/h3H,1-2,8H2. The minimum atomic E-state index is -0.0278. The van der Waals surface area contributed by atoms with Crippen molar-refractivity contribution in [2.24, 2.45) is 5.73 Å². The fraction of sp³-hybridized carbons (Fsp3) is 0.500. The summed E-state index contributed by atoms with van der Waals surface area (Å²) in [7, 11) is 0. The molecule has 0 atom stereocenters. The summed E-state index contributed by atoms with van der Waals surface area (Å²) >= 11 is 4.91. The molecule has 0 spiro atoms. The van der Waals surface area contributed by atoms with Crippen molar-refractivity contribution >= 4 is 27.5 Å². The Balaban J connectivity index is 2.42. The van der Waals surface area contributed by atoms with Gasteiger partial charge in [0, 0.05) is 0 Å². The lowest BCUT2D eigenvalue weighted by atomic mass is 10.2. The molecule has 2 nitrogen and oxygen atoms in total. The second-order valence-corrected chi connectivity index (χ2v) is 4.31. The summed E-state index contributed by atoms with van der Waals surface area (Å²) in [5.41, 5.74) is 5.93. The summed E-state index contributed by atoms with van der Waals surface area (Å²) in [6.45, 7) is 0. The van der Waals surface area contributed by atoms with Gasteiger partial charge in [-0.3, -0.25) is 0 Å². The Morgan fingerprint density at radius 2 is 2.40 bits per heavy atom. The highest BCUT2D eigenvalue weighted by Crippen LogP contribution is 2.47. The number of nitrogens with zero attached hydrogens (tertiary/aromatic N) is 1. The second-order valence-electron chi connectivity index (χ2n) is 2.66. The van der Waals surface area contributed by atoms with Gasteiger partial charge >= 0.3 is 0 Å². The van der Waals surface area contributed by atoms with Crippen LogP contribution in [-0.2, 0) is 5.54 Å². The highest BCUT2D eigenvalue weighted by molar-refractivity contribution is 9.10. The zero-order valence-corrected chi connectivity index (χ0v) is 7.70. The van der Waals surface area contributed by atoms with Crippen LogP contribution in [0.25, 0.3) is 0 Å². The van der Waals surface area contributed by atoms with E-state index in [2.05, 4.69) is 20.3 Å². The molecule has 1 saturated carbocycles. The molecule has 4 heteroatoms. The normalized spacial score (nSPS) is 21.0. The van der Waals surface area contributed by atoms with Crippen molar-refractivity contribution in [1.82, 2.24) is 4.37 Å². The third-order valence-corrected chi connectivity index (χ3v) is 3.65. The fourth-order valence-corrected chi connectivity index (χ4v) is 2.56. The number of halogens is 1. The Morgan fingerprint density at radius 3 is 2.80 bits per heavy atom. The maximum absolute atomic E-state index is 5.95. The van der Waals surface area contributed by atoms with Gasteiger partial charge < -0.3 is 5.73 Å². The van der Waals surface area contributed by atoms with Gasteiger partial charge in [0.05, 0.1) is 21.1 Å². The van der Waals surface area contributed by atoms with Crippen LogP contribution in [0.3, 0.4) is 0 Å². The van der Waals surface area contributed by atoms with Crippen molar-refractivity contribution in [3.8, 4) is 0 Å². The van der Waals surface area contributed by atoms with Crippen LogP contribution in [0, 0.1) is 0 Å².